The number of carbonyl (C=O) groups excluding carboxylic acids is 1. The smallest absolute Gasteiger partial charge is 0.283 e. The van der Waals surface area contributed by atoms with Crippen molar-refractivity contribution in [3.8, 4) is 10.9 Å². The summed E-state index contributed by atoms with van der Waals surface area (Å²) in [6.07, 6.45) is 2.98. The van der Waals surface area contributed by atoms with Crippen LogP contribution in [-0.2, 0) is 9.53 Å². The Bertz CT molecular complexity index is 1220. The van der Waals surface area contributed by atoms with Crippen molar-refractivity contribution in [3.05, 3.63) is 55.6 Å². The maximum absolute atomic E-state index is 12.4. The monoisotopic (exact) mass is 399 g/mol. The minimum atomic E-state index is -0.528. The Labute approximate surface area is 162 Å². The van der Waals surface area contributed by atoms with Crippen molar-refractivity contribution in [2.24, 2.45) is 0 Å². The average molecular weight is 399 g/mol. The van der Waals surface area contributed by atoms with Gasteiger partial charge in [0.05, 0.1) is 18.4 Å². The molecule has 1 saturated heterocycles. The van der Waals surface area contributed by atoms with Crippen molar-refractivity contribution in [2.45, 2.75) is 0 Å². The summed E-state index contributed by atoms with van der Waals surface area (Å²) in [5.74, 6) is -0.0405. The predicted molar refractivity (Wildman–Crippen MR) is 102 cm³/mol. The number of aromatic hydroxyl groups is 1. The molecule has 0 bridgehead atoms. The number of hydrogen-bond acceptors (Lipinski definition) is 7. The van der Waals surface area contributed by atoms with E-state index in [1.807, 2.05) is 0 Å². The standard InChI is InChI=1S/C18H17N5O4S/c19-16-13(9-11-1-3-12(24)4-2-11)17(26)20-18-23(16)21-14(28-18)10-15(25)22-5-7-27-8-6-22/h1-4,9-10,19,21,24H,5-8H2/b13-9-,14-10+,19-16?. The van der Waals surface area contributed by atoms with Crippen LogP contribution in [0, 0.1) is 5.41 Å². The summed E-state index contributed by atoms with van der Waals surface area (Å²) in [7, 11) is 0. The number of benzene rings is 1. The summed E-state index contributed by atoms with van der Waals surface area (Å²) < 4.78 is 7.11. The molecule has 3 N–H and O–H groups in total. The molecule has 1 aromatic carbocycles. The van der Waals surface area contributed by atoms with Crippen molar-refractivity contribution < 1.29 is 14.6 Å². The first-order valence-electron chi connectivity index (χ1n) is 8.57. The molecule has 1 aromatic rings. The molecule has 144 valence electrons. The third-order valence-corrected chi connectivity index (χ3v) is 5.19. The minimum Gasteiger partial charge on any atom is -0.508 e. The van der Waals surface area contributed by atoms with Gasteiger partial charge in [0.2, 0.25) is 11.0 Å². The zero-order valence-corrected chi connectivity index (χ0v) is 15.5. The van der Waals surface area contributed by atoms with Gasteiger partial charge in [0, 0.05) is 19.2 Å². The lowest BCUT2D eigenvalue weighted by Gasteiger charge is -2.25. The first kappa shape index (κ1) is 18.1. The number of H-pyrrole nitrogens is 1. The van der Waals surface area contributed by atoms with E-state index < -0.39 is 5.56 Å². The van der Waals surface area contributed by atoms with E-state index >= 15 is 0 Å². The van der Waals surface area contributed by atoms with Gasteiger partial charge in [-0.05, 0) is 23.8 Å². The highest BCUT2D eigenvalue weighted by Crippen LogP contribution is 2.09. The Morgan fingerprint density at radius 2 is 2.00 bits per heavy atom. The van der Waals surface area contributed by atoms with Crippen LogP contribution in [0.25, 0.3) is 17.3 Å². The van der Waals surface area contributed by atoms with Gasteiger partial charge in [-0.25, -0.2) is 4.68 Å². The Hall–Kier alpha value is -3.24. The molecular formula is C18H17N5O4S. The van der Waals surface area contributed by atoms with Gasteiger partial charge in [-0.2, -0.15) is 4.98 Å². The Morgan fingerprint density at radius 3 is 2.71 bits per heavy atom. The second kappa shape index (κ2) is 7.41. The molecule has 10 heteroatoms. The van der Waals surface area contributed by atoms with Crippen molar-refractivity contribution in [3.63, 3.8) is 0 Å². The molecule has 0 atom stereocenters. The van der Waals surface area contributed by atoms with E-state index in [4.69, 9.17) is 10.1 Å². The van der Waals surface area contributed by atoms with Gasteiger partial charge in [-0.3, -0.25) is 20.1 Å². The SMILES string of the molecule is N=c1/c(=C/c2ccc(O)cc2)c(=O)nc2s/c(=C/C(=O)N3CCOCC3)[nH]n1-2. The molecule has 9 nitrogen and oxygen atoms in total. The van der Waals surface area contributed by atoms with Crippen molar-refractivity contribution >= 4 is 29.4 Å². The average Bonchev–Trinajstić information content (AvgIpc) is 3.09. The summed E-state index contributed by atoms with van der Waals surface area (Å²) in [6.45, 7) is 2.09. The minimum absolute atomic E-state index is 0.0576. The molecule has 1 fully saturated rings. The van der Waals surface area contributed by atoms with Crippen LogP contribution in [0.5, 0.6) is 5.75 Å². The van der Waals surface area contributed by atoms with E-state index in [1.165, 1.54) is 29.0 Å². The molecule has 0 saturated carbocycles. The number of aromatic amines is 1. The number of phenols is 1. The highest BCUT2D eigenvalue weighted by Gasteiger charge is 2.16. The number of aromatic nitrogens is 3. The zero-order valence-electron chi connectivity index (χ0n) is 14.7. The fraction of sp³-hybridized carbons (Fsp3) is 0.222. The maximum atomic E-state index is 12.4. The summed E-state index contributed by atoms with van der Waals surface area (Å²) in [5, 5.41) is 21.1. The predicted octanol–water partition coefficient (Wildman–Crippen LogP) is -1.29. The highest BCUT2D eigenvalue weighted by atomic mass is 32.1. The lowest BCUT2D eigenvalue weighted by atomic mass is 10.2. The van der Waals surface area contributed by atoms with E-state index in [9.17, 15) is 14.7 Å². The van der Waals surface area contributed by atoms with Crippen LogP contribution in [-0.4, -0.2) is 57.0 Å². The fourth-order valence-electron chi connectivity index (χ4n) is 2.83. The number of fused-ring (bicyclic) bond motifs is 1. The van der Waals surface area contributed by atoms with E-state index in [2.05, 4.69) is 10.1 Å². The van der Waals surface area contributed by atoms with Gasteiger partial charge < -0.3 is 14.7 Å². The molecule has 4 rings (SSSR count). The van der Waals surface area contributed by atoms with E-state index in [1.54, 1.807) is 17.0 Å². The molecular weight excluding hydrogens is 382 g/mol. The largest absolute Gasteiger partial charge is 0.508 e. The van der Waals surface area contributed by atoms with E-state index in [0.29, 0.717) is 41.7 Å². The van der Waals surface area contributed by atoms with Crippen LogP contribution in [0.1, 0.15) is 5.56 Å². The van der Waals surface area contributed by atoms with Gasteiger partial charge in [0.15, 0.2) is 5.49 Å². The summed E-state index contributed by atoms with van der Waals surface area (Å²) >= 11 is 1.13. The second-order valence-corrected chi connectivity index (χ2v) is 7.20. The Morgan fingerprint density at radius 1 is 1.29 bits per heavy atom. The molecule has 1 amide bonds. The fourth-order valence-corrected chi connectivity index (χ4v) is 3.68. The molecule has 3 aliphatic heterocycles. The van der Waals surface area contributed by atoms with Crippen LogP contribution in [0.2, 0.25) is 0 Å². The van der Waals surface area contributed by atoms with Crippen molar-refractivity contribution in [1.82, 2.24) is 19.7 Å². The second-order valence-electron chi connectivity index (χ2n) is 6.19. The third kappa shape index (κ3) is 3.59. The number of amides is 1. The number of morpholine rings is 1. The first-order chi connectivity index (χ1) is 13.5. The van der Waals surface area contributed by atoms with Crippen LogP contribution >= 0.6 is 11.3 Å². The molecule has 0 spiro atoms. The summed E-state index contributed by atoms with van der Waals surface area (Å²) in [5.41, 5.74) is 0.0758. The van der Waals surface area contributed by atoms with Gasteiger partial charge in [0.1, 0.15) is 10.4 Å². The number of hydrogen-bond donors (Lipinski definition) is 3. The van der Waals surface area contributed by atoms with Crippen molar-refractivity contribution in [2.75, 3.05) is 26.3 Å². The highest BCUT2D eigenvalue weighted by molar-refractivity contribution is 7.11. The first-order valence-corrected chi connectivity index (χ1v) is 9.38. The molecule has 3 heterocycles. The molecule has 0 aliphatic carbocycles. The number of rotatable bonds is 2. The number of nitrogens with zero attached hydrogens (tertiary/aromatic N) is 3. The third-order valence-electron chi connectivity index (χ3n) is 4.30. The Kier molecular flexibility index (Phi) is 4.80. The van der Waals surface area contributed by atoms with Crippen molar-refractivity contribution in [1.29, 1.82) is 5.41 Å². The van der Waals surface area contributed by atoms with Crippen LogP contribution in [0.4, 0.5) is 0 Å². The Balaban J connectivity index is 1.78. The van der Waals surface area contributed by atoms with Gasteiger partial charge in [-0.15, -0.1) is 0 Å². The van der Waals surface area contributed by atoms with E-state index in [-0.39, 0.29) is 22.4 Å². The maximum Gasteiger partial charge on any atom is 0.283 e. The molecule has 3 aliphatic rings. The lowest BCUT2D eigenvalue weighted by molar-refractivity contribution is -0.128. The van der Waals surface area contributed by atoms with Crippen LogP contribution in [0.15, 0.2) is 29.1 Å². The van der Waals surface area contributed by atoms with Crippen LogP contribution < -0.4 is 20.9 Å². The van der Waals surface area contributed by atoms with E-state index in [0.717, 1.165) is 11.3 Å². The summed E-state index contributed by atoms with van der Waals surface area (Å²) in [4.78, 5) is 30.4. The van der Waals surface area contributed by atoms with Gasteiger partial charge in [0.25, 0.3) is 5.56 Å². The summed E-state index contributed by atoms with van der Waals surface area (Å²) in [6, 6.07) is 6.28. The molecule has 28 heavy (non-hydrogen) atoms. The quantitative estimate of drug-likeness (QED) is 0.495. The molecule has 0 unspecified atom stereocenters. The van der Waals surface area contributed by atoms with Gasteiger partial charge in [-0.1, -0.05) is 23.5 Å². The van der Waals surface area contributed by atoms with Gasteiger partial charge >= 0.3 is 0 Å². The lowest BCUT2D eigenvalue weighted by Crippen LogP contribution is -2.47. The van der Waals surface area contributed by atoms with Crippen LogP contribution in [0.3, 0.4) is 0 Å². The number of nitrogens with one attached hydrogen (secondary N) is 2. The normalized spacial score (nSPS) is 16.1. The number of carbonyl (C=O) groups is 1. The molecule has 0 radical (unpaired) electrons. The molecule has 0 aromatic heterocycles. The topological polar surface area (TPSA) is 124 Å². The number of phenolic OH excluding ortho intramolecular Hbond substituents is 1. The number of ether oxygens (including phenoxy) is 1. The zero-order chi connectivity index (χ0) is 19.7.